The Morgan fingerprint density at radius 3 is 0.588 bits per heavy atom. The first-order valence-corrected chi connectivity index (χ1v) is 8.16. The summed E-state index contributed by atoms with van der Waals surface area (Å²) in [4.78, 5) is 0. The summed E-state index contributed by atoms with van der Waals surface area (Å²) in [7, 11) is 0. The van der Waals surface area contributed by atoms with Crippen molar-refractivity contribution in [3.8, 4) is 0 Å². The Balaban J connectivity index is -0.0000000688. The van der Waals surface area contributed by atoms with E-state index in [1.807, 2.05) is 0 Å². The van der Waals surface area contributed by atoms with Gasteiger partial charge in [0, 0.05) is 0 Å². The van der Waals surface area contributed by atoms with Crippen LogP contribution in [0.4, 0.5) is 0 Å². The second kappa shape index (κ2) is 44.4. The van der Waals surface area contributed by atoms with Gasteiger partial charge in [-0.15, -0.1) is 0 Å². The highest BCUT2D eigenvalue weighted by Gasteiger charge is 1.75. The molecule has 0 heteroatoms. The van der Waals surface area contributed by atoms with Gasteiger partial charge in [0.05, 0.1) is 0 Å². The highest BCUT2D eigenvalue weighted by molar-refractivity contribution is 4.31. The van der Waals surface area contributed by atoms with E-state index in [0.29, 0.717) is 0 Å². The lowest BCUT2D eigenvalue weighted by molar-refractivity contribution is 0.702. The molecule has 0 N–H and O–H groups in total. The number of hydrogen-bond acceptors (Lipinski definition) is 0. The maximum Gasteiger partial charge on any atom is -0.0536 e. The lowest BCUT2D eigenvalue weighted by atomic mass is 10.2. The van der Waals surface area contributed by atoms with Crippen LogP contribution in [-0.2, 0) is 0 Å². The molecule has 0 aromatic carbocycles. The van der Waals surface area contributed by atoms with Crippen molar-refractivity contribution in [1.29, 1.82) is 0 Å². The first-order chi connectivity index (χ1) is 8.16. The van der Waals surface area contributed by atoms with Gasteiger partial charge in [0.1, 0.15) is 0 Å². The molecule has 110 valence electrons. The third-order valence-electron chi connectivity index (χ3n) is 1.96. The molecule has 0 aliphatic rings. The van der Waals surface area contributed by atoms with Gasteiger partial charge >= 0.3 is 0 Å². The van der Waals surface area contributed by atoms with Gasteiger partial charge in [0.15, 0.2) is 0 Å². The second-order valence-corrected chi connectivity index (χ2v) is 4.41. The molecule has 17 heavy (non-hydrogen) atoms. The molecule has 0 atom stereocenters. The minimum atomic E-state index is 1.25. The van der Waals surface area contributed by atoms with Crippen LogP contribution in [0.25, 0.3) is 0 Å². The first kappa shape index (κ1) is 25.8. The lowest BCUT2D eigenvalue weighted by Gasteiger charge is -1.86. The zero-order valence-electron chi connectivity index (χ0n) is 14.4. The van der Waals surface area contributed by atoms with Gasteiger partial charge in [-0.3, -0.25) is 0 Å². The third kappa shape index (κ3) is 125. The van der Waals surface area contributed by atoms with Crippen molar-refractivity contribution < 1.29 is 0 Å². The van der Waals surface area contributed by atoms with Crippen molar-refractivity contribution in [2.45, 2.75) is 113 Å². The van der Waals surface area contributed by atoms with Crippen molar-refractivity contribution in [3.63, 3.8) is 0 Å². The Labute approximate surface area is 114 Å². The molecule has 0 rings (SSSR count). The van der Waals surface area contributed by atoms with E-state index in [2.05, 4.69) is 55.4 Å². The SMILES string of the molecule is CCC.CCCC.CCCC.CCCCCC. The molecule has 0 nitrogen and oxygen atoms in total. The largest absolute Gasteiger partial charge is 0.0656 e. The molecule has 0 aromatic rings. The van der Waals surface area contributed by atoms with E-state index in [0.717, 1.165) is 0 Å². The van der Waals surface area contributed by atoms with Crippen LogP contribution in [0.3, 0.4) is 0 Å². The molecule has 0 bridgehead atoms. The summed E-state index contributed by atoms with van der Waals surface area (Å²) in [5.74, 6) is 0. The van der Waals surface area contributed by atoms with Crippen LogP contribution in [0.5, 0.6) is 0 Å². The number of hydrogen-bond donors (Lipinski definition) is 0. The van der Waals surface area contributed by atoms with Crippen LogP contribution in [0.2, 0.25) is 0 Å². The average Bonchev–Trinajstić information content (AvgIpc) is 2.37. The number of unbranched alkanes of at least 4 members (excludes halogenated alkanes) is 5. The van der Waals surface area contributed by atoms with E-state index in [1.54, 1.807) is 0 Å². The first-order valence-electron chi connectivity index (χ1n) is 8.16. The molecule has 0 spiro atoms. The van der Waals surface area contributed by atoms with Crippen LogP contribution in [0.15, 0.2) is 0 Å². The maximum absolute atomic E-state index is 2.23. The van der Waals surface area contributed by atoms with Crippen LogP contribution in [0, 0.1) is 0 Å². The van der Waals surface area contributed by atoms with Gasteiger partial charge in [-0.2, -0.15) is 0 Å². The molecule has 0 amide bonds. The number of rotatable bonds is 5. The smallest absolute Gasteiger partial charge is 0.0536 e. The molecular formula is C17H42. The predicted octanol–water partition coefficient (Wildman–Crippen LogP) is 7.62. The molecule has 0 radical (unpaired) electrons. The van der Waals surface area contributed by atoms with Crippen molar-refractivity contribution >= 4 is 0 Å². The van der Waals surface area contributed by atoms with E-state index >= 15 is 0 Å². The van der Waals surface area contributed by atoms with Crippen LogP contribution >= 0.6 is 0 Å². The summed E-state index contributed by atoms with van der Waals surface area (Å²) >= 11 is 0. The zero-order chi connectivity index (χ0) is 14.4. The molecule has 0 aliphatic heterocycles. The normalized spacial score (nSPS) is 7.76. The van der Waals surface area contributed by atoms with Crippen LogP contribution in [0.1, 0.15) is 113 Å². The molecule has 0 aliphatic carbocycles. The van der Waals surface area contributed by atoms with Crippen molar-refractivity contribution in [3.05, 3.63) is 0 Å². The molecule has 0 unspecified atom stereocenters. The Morgan fingerprint density at radius 1 is 0.353 bits per heavy atom. The van der Waals surface area contributed by atoms with Gasteiger partial charge in [-0.25, -0.2) is 0 Å². The summed E-state index contributed by atoms with van der Waals surface area (Å²) in [6, 6.07) is 0. The quantitative estimate of drug-likeness (QED) is 0.438. The van der Waals surface area contributed by atoms with E-state index in [9.17, 15) is 0 Å². The fourth-order valence-electron chi connectivity index (χ4n) is 0.500. The topological polar surface area (TPSA) is 0 Å². The molecule has 0 heterocycles. The van der Waals surface area contributed by atoms with Crippen molar-refractivity contribution in [2.24, 2.45) is 0 Å². The molecule has 0 fully saturated rings. The lowest BCUT2D eigenvalue weighted by Crippen LogP contribution is -1.66. The van der Waals surface area contributed by atoms with Gasteiger partial charge in [-0.05, 0) is 0 Å². The Hall–Kier alpha value is 0. The standard InChI is InChI=1S/C6H14.2C4H10.C3H8/c1-3-5-6-4-2;2*1-3-4-2;1-3-2/h3-6H2,1-2H3;2*3-4H2,1-2H3;3H2,1-2H3. The van der Waals surface area contributed by atoms with E-state index < -0.39 is 0 Å². The zero-order valence-corrected chi connectivity index (χ0v) is 14.4. The Morgan fingerprint density at radius 2 is 0.529 bits per heavy atom. The van der Waals surface area contributed by atoms with Crippen LogP contribution < -0.4 is 0 Å². The predicted molar refractivity (Wildman–Crippen MR) is 86.9 cm³/mol. The van der Waals surface area contributed by atoms with E-state index in [-0.39, 0.29) is 0 Å². The summed E-state index contributed by atoms with van der Waals surface area (Å²) in [5.41, 5.74) is 0. The fraction of sp³-hybridized carbons (Fsp3) is 1.00. The minimum Gasteiger partial charge on any atom is -0.0656 e. The maximum atomic E-state index is 2.23. The summed E-state index contributed by atoms with van der Waals surface area (Å²) in [6.07, 6.45) is 12.1. The third-order valence-corrected chi connectivity index (χ3v) is 1.96. The summed E-state index contributed by atoms with van der Waals surface area (Å²) in [5, 5.41) is 0. The van der Waals surface area contributed by atoms with E-state index in [1.165, 1.54) is 57.8 Å². The molecule has 0 saturated heterocycles. The average molecular weight is 247 g/mol. The summed E-state index contributed by atoms with van der Waals surface area (Å²) < 4.78 is 0. The minimum absolute atomic E-state index is 1.25. The highest BCUT2D eigenvalue weighted by atomic mass is 13.8. The Bertz CT molecular complexity index is 45.1. The van der Waals surface area contributed by atoms with Gasteiger partial charge < -0.3 is 0 Å². The fourth-order valence-corrected chi connectivity index (χ4v) is 0.500. The van der Waals surface area contributed by atoms with Crippen LogP contribution in [-0.4, -0.2) is 0 Å². The van der Waals surface area contributed by atoms with Crippen molar-refractivity contribution in [2.75, 3.05) is 0 Å². The summed E-state index contributed by atoms with van der Waals surface area (Å²) in [6.45, 7) is 17.4. The van der Waals surface area contributed by atoms with Gasteiger partial charge in [0.2, 0.25) is 0 Å². The highest BCUT2D eigenvalue weighted by Crippen LogP contribution is 1.95. The molecular weight excluding hydrogens is 204 g/mol. The molecule has 0 aromatic heterocycles. The monoisotopic (exact) mass is 246 g/mol. The Kier molecular flexibility index (Phi) is 67.3. The van der Waals surface area contributed by atoms with Gasteiger partial charge in [0.25, 0.3) is 0 Å². The second-order valence-electron chi connectivity index (χ2n) is 4.41. The van der Waals surface area contributed by atoms with E-state index in [4.69, 9.17) is 0 Å². The van der Waals surface area contributed by atoms with Crippen molar-refractivity contribution in [1.82, 2.24) is 0 Å². The van der Waals surface area contributed by atoms with Gasteiger partial charge in [-0.1, -0.05) is 113 Å². The molecule has 0 saturated carbocycles.